The van der Waals surface area contributed by atoms with Gasteiger partial charge in [-0.15, -0.1) is 0 Å². The maximum Gasteiger partial charge on any atom is 0.129 e. The Kier molecular flexibility index (Phi) is 3.01. The van der Waals surface area contributed by atoms with Crippen molar-refractivity contribution in [1.82, 2.24) is 4.98 Å². The van der Waals surface area contributed by atoms with Gasteiger partial charge in [0.25, 0.3) is 0 Å². The van der Waals surface area contributed by atoms with Crippen molar-refractivity contribution in [2.75, 3.05) is 0 Å². The van der Waals surface area contributed by atoms with Crippen molar-refractivity contribution in [3.05, 3.63) is 30.1 Å². The number of aromatic nitrogens is 1. The Morgan fingerprint density at radius 3 is 2.46 bits per heavy atom. The summed E-state index contributed by atoms with van der Waals surface area (Å²) in [4.78, 5) is 9.08. The molecule has 0 saturated heterocycles. The van der Waals surface area contributed by atoms with Crippen molar-refractivity contribution < 1.29 is 4.84 Å². The van der Waals surface area contributed by atoms with E-state index in [2.05, 4.69) is 10.1 Å². The summed E-state index contributed by atoms with van der Waals surface area (Å²) in [5.74, 6) is 0. The first-order valence-electron chi connectivity index (χ1n) is 4.19. The SMILES string of the molecule is CC(C)(C)O/N=C/c1ccncc1. The van der Waals surface area contributed by atoms with Crippen LogP contribution in [0.25, 0.3) is 0 Å². The molecule has 0 bridgehead atoms. The van der Waals surface area contributed by atoms with Gasteiger partial charge in [-0.1, -0.05) is 5.16 Å². The van der Waals surface area contributed by atoms with Crippen LogP contribution in [0.4, 0.5) is 0 Å². The number of oxime groups is 1. The van der Waals surface area contributed by atoms with Crippen molar-refractivity contribution in [2.24, 2.45) is 5.16 Å². The van der Waals surface area contributed by atoms with Gasteiger partial charge in [0.1, 0.15) is 5.60 Å². The molecule has 0 N–H and O–H groups in total. The fraction of sp³-hybridized carbons (Fsp3) is 0.400. The van der Waals surface area contributed by atoms with Crippen LogP contribution in [-0.2, 0) is 4.84 Å². The van der Waals surface area contributed by atoms with Crippen LogP contribution < -0.4 is 0 Å². The van der Waals surface area contributed by atoms with E-state index in [0.29, 0.717) is 0 Å². The van der Waals surface area contributed by atoms with Crippen LogP contribution in [-0.4, -0.2) is 16.8 Å². The second kappa shape index (κ2) is 4.03. The van der Waals surface area contributed by atoms with Crippen LogP contribution in [0.3, 0.4) is 0 Å². The Morgan fingerprint density at radius 1 is 1.31 bits per heavy atom. The van der Waals surface area contributed by atoms with Crippen molar-refractivity contribution in [1.29, 1.82) is 0 Å². The molecule has 0 spiro atoms. The van der Waals surface area contributed by atoms with Crippen LogP contribution >= 0.6 is 0 Å². The Balaban J connectivity index is 2.51. The third-order valence-electron chi connectivity index (χ3n) is 1.23. The first-order chi connectivity index (χ1) is 6.08. The van der Waals surface area contributed by atoms with E-state index in [1.54, 1.807) is 18.6 Å². The number of hydrogen-bond acceptors (Lipinski definition) is 3. The van der Waals surface area contributed by atoms with Crippen LogP contribution in [0.1, 0.15) is 26.3 Å². The summed E-state index contributed by atoms with van der Waals surface area (Å²) in [7, 11) is 0. The molecular formula is C10H14N2O. The smallest absolute Gasteiger partial charge is 0.129 e. The van der Waals surface area contributed by atoms with Crippen LogP contribution in [0, 0.1) is 0 Å². The Morgan fingerprint density at radius 2 is 1.92 bits per heavy atom. The molecule has 0 aromatic carbocycles. The minimum absolute atomic E-state index is 0.233. The van der Waals surface area contributed by atoms with Crippen molar-refractivity contribution in [3.8, 4) is 0 Å². The fourth-order valence-electron chi connectivity index (χ4n) is 0.695. The number of hydrogen-bond donors (Lipinski definition) is 0. The van der Waals surface area contributed by atoms with E-state index >= 15 is 0 Å². The average molecular weight is 178 g/mol. The molecule has 0 aliphatic carbocycles. The minimum Gasteiger partial charge on any atom is -0.390 e. The molecule has 0 fully saturated rings. The Bertz CT molecular complexity index is 275. The highest BCUT2D eigenvalue weighted by molar-refractivity contribution is 5.78. The van der Waals surface area contributed by atoms with Crippen molar-refractivity contribution >= 4 is 6.21 Å². The standard InChI is InChI=1S/C10H14N2O/c1-10(2,3)13-12-8-9-4-6-11-7-5-9/h4-8H,1-3H3/b12-8+. The van der Waals surface area contributed by atoms with Gasteiger partial charge in [-0.3, -0.25) is 4.98 Å². The zero-order valence-corrected chi connectivity index (χ0v) is 8.19. The second-order valence-electron chi connectivity index (χ2n) is 3.72. The highest BCUT2D eigenvalue weighted by Gasteiger charge is 2.08. The summed E-state index contributed by atoms with van der Waals surface area (Å²) in [6.07, 6.45) is 5.11. The van der Waals surface area contributed by atoms with E-state index in [-0.39, 0.29) is 5.60 Å². The molecule has 0 saturated carbocycles. The molecule has 13 heavy (non-hydrogen) atoms. The van der Waals surface area contributed by atoms with Gasteiger partial charge in [0.15, 0.2) is 0 Å². The molecule has 0 amide bonds. The highest BCUT2D eigenvalue weighted by atomic mass is 16.6. The van der Waals surface area contributed by atoms with Crippen LogP contribution in [0.5, 0.6) is 0 Å². The van der Waals surface area contributed by atoms with Gasteiger partial charge in [0.2, 0.25) is 0 Å². The number of rotatable bonds is 2. The quantitative estimate of drug-likeness (QED) is 0.514. The maximum atomic E-state index is 5.18. The average Bonchev–Trinajstić information content (AvgIpc) is 2.04. The van der Waals surface area contributed by atoms with Gasteiger partial charge in [0, 0.05) is 12.4 Å². The lowest BCUT2D eigenvalue weighted by Crippen LogP contribution is -2.15. The molecule has 0 aliphatic rings. The molecule has 1 rings (SSSR count). The molecule has 0 radical (unpaired) electrons. The second-order valence-corrected chi connectivity index (χ2v) is 3.72. The fourth-order valence-corrected chi connectivity index (χ4v) is 0.695. The third-order valence-corrected chi connectivity index (χ3v) is 1.23. The van der Waals surface area contributed by atoms with Crippen molar-refractivity contribution in [3.63, 3.8) is 0 Å². The summed E-state index contributed by atoms with van der Waals surface area (Å²) in [5, 5.41) is 3.86. The first-order valence-corrected chi connectivity index (χ1v) is 4.19. The molecule has 1 aromatic heterocycles. The molecule has 3 nitrogen and oxygen atoms in total. The lowest BCUT2D eigenvalue weighted by molar-refractivity contribution is 0.00199. The minimum atomic E-state index is -0.233. The zero-order chi connectivity index (χ0) is 9.73. The van der Waals surface area contributed by atoms with Gasteiger partial charge in [-0.25, -0.2) is 0 Å². The zero-order valence-electron chi connectivity index (χ0n) is 8.19. The molecule has 0 aliphatic heterocycles. The summed E-state index contributed by atoms with van der Waals surface area (Å²) < 4.78 is 0. The number of nitrogens with zero attached hydrogens (tertiary/aromatic N) is 2. The Labute approximate surface area is 78.4 Å². The lowest BCUT2D eigenvalue weighted by atomic mass is 10.2. The highest BCUT2D eigenvalue weighted by Crippen LogP contribution is 2.06. The first kappa shape index (κ1) is 9.71. The molecule has 1 heterocycles. The van der Waals surface area contributed by atoms with E-state index < -0.39 is 0 Å². The van der Waals surface area contributed by atoms with Crippen molar-refractivity contribution in [2.45, 2.75) is 26.4 Å². The third kappa shape index (κ3) is 4.25. The molecule has 3 heteroatoms. The predicted octanol–water partition coefficient (Wildman–Crippen LogP) is 2.23. The molecule has 0 unspecified atom stereocenters. The lowest BCUT2D eigenvalue weighted by Gasteiger charge is -2.14. The van der Waals surface area contributed by atoms with E-state index in [1.165, 1.54) is 0 Å². The van der Waals surface area contributed by atoms with Crippen LogP contribution in [0.2, 0.25) is 0 Å². The summed E-state index contributed by atoms with van der Waals surface area (Å²) in [6.45, 7) is 5.87. The van der Waals surface area contributed by atoms with E-state index in [9.17, 15) is 0 Å². The normalized spacial score (nSPS) is 11.9. The van der Waals surface area contributed by atoms with E-state index in [4.69, 9.17) is 4.84 Å². The molecule has 0 atom stereocenters. The summed E-state index contributed by atoms with van der Waals surface area (Å²) >= 11 is 0. The van der Waals surface area contributed by atoms with E-state index in [1.807, 2.05) is 32.9 Å². The molecule has 70 valence electrons. The molecule has 1 aromatic rings. The maximum absolute atomic E-state index is 5.18. The topological polar surface area (TPSA) is 34.5 Å². The van der Waals surface area contributed by atoms with Gasteiger partial charge < -0.3 is 4.84 Å². The van der Waals surface area contributed by atoms with Gasteiger partial charge >= 0.3 is 0 Å². The summed E-state index contributed by atoms with van der Waals surface area (Å²) in [5.41, 5.74) is 0.753. The largest absolute Gasteiger partial charge is 0.390 e. The van der Waals surface area contributed by atoms with Gasteiger partial charge in [-0.2, -0.15) is 0 Å². The molecular weight excluding hydrogens is 164 g/mol. The van der Waals surface area contributed by atoms with Crippen LogP contribution in [0.15, 0.2) is 29.7 Å². The van der Waals surface area contributed by atoms with Gasteiger partial charge in [0.05, 0.1) is 6.21 Å². The monoisotopic (exact) mass is 178 g/mol. The van der Waals surface area contributed by atoms with E-state index in [0.717, 1.165) is 5.56 Å². The summed E-state index contributed by atoms with van der Waals surface area (Å²) in [6, 6.07) is 3.74. The van der Waals surface area contributed by atoms with Gasteiger partial charge in [-0.05, 0) is 38.5 Å². The Hall–Kier alpha value is -1.38. The predicted molar refractivity (Wildman–Crippen MR) is 52.7 cm³/mol. The number of pyridine rings is 1.